The molecule has 0 bridgehead atoms. The first-order valence-corrected chi connectivity index (χ1v) is 8.56. The lowest BCUT2D eigenvalue weighted by Crippen LogP contribution is -2.36. The van der Waals surface area contributed by atoms with Gasteiger partial charge in [0.15, 0.2) is 5.78 Å². The van der Waals surface area contributed by atoms with E-state index in [2.05, 4.69) is 0 Å². The van der Waals surface area contributed by atoms with E-state index >= 15 is 0 Å². The van der Waals surface area contributed by atoms with Crippen molar-refractivity contribution in [3.8, 4) is 0 Å². The lowest BCUT2D eigenvalue weighted by atomic mass is 9.74. The van der Waals surface area contributed by atoms with Crippen molar-refractivity contribution in [1.29, 1.82) is 0 Å². The lowest BCUT2D eigenvalue weighted by molar-refractivity contribution is -0.385. The van der Waals surface area contributed by atoms with Gasteiger partial charge in [0.25, 0.3) is 16.8 Å². The van der Waals surface area contributed by atoms with Gasteiger partial charge in [0.05, 0.1) is 16.2 Å². The van der Waals surface area contributed by atoms with Gasteiger partial charge in [-0.15, -0.1) is 0 Å². The van der Waals surface area contributed by atoms with Crippen molar-refractivity contribution in [2.75, 3.05) is 0 Å². The van der Waals surface area contributed by atoms with Gasteiger partial charge in [-0.3, -0.25) is 24.5 Å². The number of benzene rings is 1. The molecule has 1 atom stereocenters. The first kappa shape index (κ1) is 17.1. The Hall–Kier alpha value is -3.29. The molecule has 0 saturated carbocycles. The van der Waals surface area contributed by atoms with E-state index in [1.807, 2.05) is 13.8 Å². The number of nitro benzene ring substituents is 1. The summed E-state index contributed by atoms with van der Waals surface area (Å²) in [5.74, 6) is -0.195. The smallest absolute Gasteiger partial charge is 0.275 e. The quantitative estimate of drug-likeness (QED) is 0.597. The molecule has 1 unspecified atom stereocenters. The number of rotatable bonds is 2. The minimum Gasteiger partial charge on any atom is -0.294 e. The van der Waals surface area contributed by atoms with E-state index in [0.29, 0.717) is 17.7 Å². The van der Waals surface area contributed by atoms with E-state index in [1.165, 1.54) is 27.6 Å². The Kier molecular flexibility index (Phi) is 3.56. The first-order chi connectivity index (χ1) is 12.7. The number of aromatic nitrogens is 2. The lowest BCUT2D eigenvalue weighted by Gasteiger charge is -2.30. The predicted octanol–water partition coefficient (Wildman–Crippen LogP) is 2.12. The van der Waals surface area contributed by atoms with Gasteiger partial charge < -0.3 is 0 Å². The molecule has 138 valence electrons. The molecular weight excluding hydrogens is 350 g/mol. The van der Waals surface area contributed by atoms with Crippen LogP contribution in [0.4, 0.5) is 5.69 Å². The summed E-state index contributed by atoms with van der Waals surface area (Å²) in [6.07, 6.45) is 0.676. The predicted molar refractivity (Wildman–Crippen MR) is 97.4 cm³/mol. The summed E-state index contributed by atoms with van der Waals surface area (Å²) in [4.78, 5) is 49.2. The molecule has 0 spiro atoms. The van der Waals surface area contributed by atoms with Gasteiger partial charge in [-0.1, -0.05) is 26.0 Å². The van der Waals surface area contributed by atoms with Gasteiger partial charge in [0, 0.05) is 30.2 Å². The second kappa shape index (κ2) is 5.60. The van der Waals surface area contributed by atoms with Gasteiger partial charge in [-0.2, -0.15) is 0 Å². The summed E-state index contributed by atoms with van der Waals surface area (Å²) in [5.41, 5.74) is -0.503. The summed E-state index contributed by atoms with van der Waals surface area (Å²) >= 11 is 0. The fourth-order valence-corrected chi connectivity index (χ4v) is 4.10. The molecule has 0 radical (unpaired) electrons. The highest BCUT2D eigenvalue weighted by Gasteiger charge is 2.45. The van der Waals surface area contributed by atoms with Gasteiger partial charge in [-0.25, -0.2) is 9.36 Å². The van der Waals surface area contributed by atoms with Crippen molar-refractivity contribution < 1.29 is 9.72 Å². The van der Waals surface area contributed by atoms with Crippen LogP contribution in [-0.4, -0.2) is 20.1 Å². The number of Topliss-reactive ketones (excluding diaryl/α,β-unsaturated/α-hetero) is 1. The van der Waals surface area contributed by atoms with Crippen molar-refractivity contribution in [3.63, 3.8) is 0 Å². The molecule has 2 heterocycles. The number of carbonyl (C=O) groups excluding carboxylic acids is 1. The van der Waals surface area contributed by atoms with Crippen molar-refractivity contribution in [3.05, 3.63) is 78.4 Å². The Morgan fingerprint density at radius 3 is 2.41 bits per heavy atom. The van der Waals surface area contributed by atoms with E-state index in [4.69, 9.17) is 0 Å². The highest BCUT2D eigenvalue weighted by Crippen LogP contribution is 2.47. The molecule has 8 heteroatoms. The standard InChI is InChI=1S/C19H17N3O5/c1-19(2)9-13-17(14(23)10-19)18(11-5-3-4-6-12(11)22(26)27)21-16(25)8-7-15(24)20(13)21/h3-8,18H,9-10H2,1-2H3. The van der Waals surface area contributed by atoms with Crippen molar-refractivity contribution in [2.45, 2.75) is 32.7 Å². The topological polar surface area (TPSA) is 104 Å². The van der Waals surface area contributed by atoms with E-state index in [-0.39, 0.29) is 28.9 Å². The molecule has 4 rings (SSSR count). The second-order valence-corrected chi connectivity index (χ2v) is 7.69. The number of carbonyl (C=O) groups is 1. The first-order valence-electron chi connectivity index (χ1n) is 8.56. The monoisotopic (exact) mass is 367 g/mol. The molecule has 0 fully saturated rings. The van der Waals surface area contributed by atoms with Crippen LogP contribution >= 0.6 is 0 Å². The molecule has 0 N–H and O–H groups in total. The number of para-hydroxylation sites is 1. The minimum absolute atomic E-state index is 0.191. The summed E-state index contributed by atoms with van der Waals surface area (Å²) in [7, 11) is 0. The largest absolute Gasteiger partial charge is 0.294 e. The normalized spacial score (nSPS) is 20.4. The zero-order valence-corrected chi connectivity index (χ0v) is 14.8. The van der Waals surface area contributed by atoms with E-state index in [9.17, 15) is 24.5 Å². The van der Waals surface area contributed by atoms with Crippen LogP contribution in [0.25, 0.3) is 5.70 Å². The molecule has 2 aliphatic rings. The van der Waals surface area contributed by atoms with Crippen LogP contribution in [0.15, 0.2) is 51.6 Å². The Bertz CT molecular complexity index is 1150. The maximum atomic E-state index is 13.0. The van der Waals surface area contributed by atoms with Gasteiger partial charge in [0.1, 0.15) is 6.04 Å². The average molecular weight is 367 g/mol. The van der Waals surface area contributed by atoms with E-state index < -0.39 is 22.1 Å². The number of allylic oxidation sites excluding steroid dienone is 2. The van der Waals surface area contributed by atoms with Gasteiger partial charge >= 0.3 is 0 Å². The van der Waals surface area contributed by atoms with Crippen LogP contribution in [0.2, 0.25) is 0 Å². The van der Waals surface area contributed by atoms with Gasteiger partial charge in [0.2, 0.25) is 0 Å². The molecule has 0 amide bonds. The second-order valence-electron chi connectivity index (χ2n) is 7.69. The highest BCUT2D eigenvalue weighted by atomic mass is 16.6. The van der Waals surface area contributed by atoms with Crippen molar-refractivity contribution in [2.24, 2.45) is 5.41 Å². The fourth-order valence-electron chi connectivity index (χ4n) is 4.10. The number of fused-ring (bicyclic) bond motifs is 2. The van der Waals surface area contributed by atoms with Crippen LogP contribution in [0, 0.1) is 15.5 Å². The Labute approximate surface area is 153 Å². The van der Waals surface area contributed by atoms with Crippen LogP contribution < -0.4 is 11.1 Å². The number of nitrogens with zero attached hydrogens (tertiary/aromatic N) is 3. The molecular formula is C19H17N3O5. The molecule has 2 aromatic rings. The van der Waals surface area contributed by atoms with E-state index in [1.54, 1.807) is 6.07 Å². The van der Waals surface area contributed by atoms with Crippen LogP contribution in [-0.2, 0) is 4.79 Å². The zero-order chi connectivity index (χ0) is 19.5. The van der Waals surface area contributed by atoms with Crippen molar-refractivity contribution >= 4 is 17.2 Å². The Morgan fingerprint density at radius 2 is 1.70 bits per heavy atom. The maximum absolute atomic E-state index is 13.0. The van der Waals surface area contributed by atoms with Crippen LogP contribution in [0.5, 0.6) is 0 Å². The molecule has 0 saturated heterocycles. The molecule has 27 heavy (non-hydrogen) atoms. The third-order valence-corrected chi connectivity index (χ3v) is 5.12. The number of ketones is 1. The van der Waals surface area contributed by atoms with Crippen LogP contribution in [0.3, 0.4) is 0 Å². The molecule has 8 nitrogen and oxygen atoms in total. The molecule has 1 aliphatic carbocycles. The Morgan fingerprint density at radius 1 is 1.04 bits per heavy atom. The number of hydrogen-bond acceptors (Lipinski definition) is 5. The average Bonchev–Trinajstić information content (AvgIpc) is 2.93. The highest BCUT2D eigenvalue weighted by molar-refractivity contribution is 6.04. The summed E-state index contributed by atoms with van der Waals surface area (Å²) in [5, 5.41) is 11.5. The Balaban J connectivity index is 2.10. The maximum Gasteiger partial charge on any atom is 0.275 e. The van der Waals surface area contributed by atoms with Gasteiger partial charge in [-0.05, 0) is 17.9 Å². The third kappa shape index (κ3) is 2.48. The van der Waals surface area contributed by atoms with E-state index in [0.717, 1.165) is 12.1 Å². The third-order valence-electron chi connectivity index (χ3n) is 5.12. The minimum atomic E-state index is -0.980. The van der Waals surface area contributed by atoms with Crippen LogP contribution in [0.1, 0.15) is 38.3 Å². The SMILES string of the molecule is CC1(C)CC(=O)C2=C(C1)n1c(=O)ccc(=O)n1C2c1ccccc1[N+](=O)[O-]. The zero-order valence-electron chi connectivity index (χ0n) is 14.8. The summed E-state index contributed by atoms with van der Waals surface area (Å²) in [6, 6.07) is 7.33. The summed E-state index contributed by atoms with van der Waals surface area (Å²) in [6.45, 7) is 3.84. The molecule has 1 aliphatic heterocycles. The molecule has 1 aromatic heterocycles. The summed E-state index contributed by atoms with van der Waals surface area (Å²) < 4.78 is 2.40. The molecule has 1 aromatic carbocycles. The fraction of sp³-hybridized carbons (Fsp3) is 0.316. The number of nitro groups is 1. The van der Waals surface area contributed by atoms with Crippen molar-refractivity contribution in [1.82, 2.24) is 9.36 Å². The number of hydrogen-bond donors (Lipinski definition) is 0.